The smallest absolute Gasteiger partial charge is 0.306 e. The fourth-order valence-electron chi connectivity index (χ4n) is 7.21. The van der Waals surface area contributed by atoms with Crippen molar-refractivity contribution in [1.82, 2.24) is 10.2 Å². The van der Waals surface area contributed by atoms with Crippen LogP contribution in [0.25, 0.3) is 0 Å². The third-order valence-corrected chi connectivity index (χ3v) is 10.4. The van der Waals surface area contributed by atoms with Crippen molar-refractivity contribution < 1.29 is 33.8 Å². The van der Waals surface area contributed by atoms with Crippen LogP contribution in [0.4, 0.5) is 5.69 Å². The molecule has 0 saturated carbocycles. The maximum Gasteiger partial charge on any atom is 0.306 e. The first-order chi connectivity index (χ1) is 23.2. The molecule has 3 amide bonds. The molecule has 2 N–H and O–H groups in total. The van der Waals surface area contributed by atoms with E-state index in [4.69, 9.17) is 21.1 Å². The molecule has 12 heteroatoms. The number of aliphatic hydroxyl groups is 1. The van der Waals surface area contributed by atoms with Gasteiger partial charge in [0.15, 0.2) is 0 Å². The van der Waals surface area contributed by atoms with Gasteiger partial charge in [-0.05, 0) is 55.5 Å². The lowest BCUT2D eigenvalue weighted by molar-refractivity contribution is -0.145. The van der Waals surface area contributed by atoms with E-state index in [2.05, 4.69) is 34.4 Å². The van der Waals surface area contributed by atoms with Crippen LogP contribution in [-0.4, -0.2) is 82.6 Å². The number of hydrogen-bond donors (Lipinski definition) is 2. The average molecular weight is 743 g/mol. The summed E-state index contributed by atoms with van der Waals surface area (Å²) in [5.74, 6) is -3.38. The Morgan fingerprint density at radius 1 is 1.15 bits per heavy atom. The van der Waals surface area contributed by atoms with E-state index in [1.54, 1.807) is 41.3 Å². The summed E-state index contributed by atoms with van der Waals surface area (Å²) in [5.41, 5.74) is 0.0351. The van der Waals surface area contributed by atoms with Crippen LogP contribution in [0, 0.1) is 11.8 Å². The number of unbranched alkanes of at least 4 members (excludes halogenated alkanes) is 1. The van der Waals surface area contributed by atoms with Crippen LogP contribution in [0.5, 0.6) is 0 Å². The second kappa shape index (κ2) is 15.8. The van der Waals surface area contributed by atoms with Gasteiger partial charge in [-0.1, -0.05) is 70.0 Å². The summed E-state index contributed by atoms with van der Waals surface area (Å²) < 4.78 is 12.2. The van der Waals surface area contributed by atoms with Gasteiger partial charge in [0.1, 0.15) is 18.2 Å². The summed E-state index contributed by atoms with van der Waals surface area (Å²) in [4.78, 5) is 58.5. The van der Waals surface area contributed by atoms with E-state index in [0.29, 0.717) is 36.4 Å². The predicted molar refractivity (Wildman–Crippen MR) is 185 cm³/mol. The van der Waals surface area contributed by atoms with Crippen LogP contribution in [0.15, 0.2) is 79.9 Å². The van der Waals surface area contributed by atoms with Crippen LogP contribution < -0.4 is 10.2 Å². The molecule has 3 fully saturated rings. The third kappa shape index (κ3) is 7.10. The number of ether oxygens (including phenoxy) is 2. The van der Waals surface area contributed by atoms with Crippen molar-refractivity contribution in [2.24, 2.45) is 11.8 Å². The molecule has 0 aliphatic carbocycles. The molecule has 2 aromatic carbocycles. The van der Waals surface area contributed by atoms with Gasteiger partial charge < -0.3 is 29.7 Å². The van der Waals surface area contributed by atoms with Gasteiger partial charge in [0, 0.05) is 41.7 Å². The highest BCUT2D eigenvalue weighted by Gasteiger charge is 2.76. The van der Waals surface area contributed by atoms with Crippen LogP contribution in [0.2, 0.25) is 5.02 Å². The van der Waals surface area contributed by atoms with Crippen molar-refractivity contribution in [3.8, 4) is 0 Å². The van der Waals surface area contributed by atoms with Gasteiger partial charge in [-0.3, -0.25) is 19.2 Å². The first-order valence-electron chi connectivity index (χ1n) is 16.2. The van der Waals surface area contributed by atoms with Gasteiger partial charge in [0.05, 0.1) is 24.0 Å². The Kier molecular flexibility index (Phi) is 11.8. The van der Waals surface area contributed by atoms with E-state index in [9.17, 15) is 24.3 Å². The summed E-state index contributed by atoms with van der Waals surface area (Å²) in [7, 11) is 0. The van der Waals surface area contributed by atoms with E-state index in [1.165, 1.54) is 4.90 Å². The number of rotatable bonds is 16. The largest absolute Gasteiger partial charge is 0.463 e. The standard InChI is InChI=1S/C36H41BrClN3O7/c1-3-5-13-28(43)47-22-27(23-11-7-6-8-12-23)39-33(44)29-30-34(45)41(19-9-10-20-42)32(36(30)21-26(37)31(29)48-36)35(46)40(18-4-2)25-16-14-24(38)15-17-25/h3-4,6-8,11-12,14-17,26-27,29-32,42H,1-2,5,9-10,13,18-22H2,(H,39,44)/t26?,27-,29-,30+,31-,32-,36+/m0/s1. The quantitative estimate of drug-likeness (QED) is 0.110. The van der Waals surface area contributed by atoms with E-state index in [1.807, 2.05) is 30.3 Å². The number of fused-ring (bicyclic) bond motifs is 1. The highest BCUT2D eigenvalue weighted by Crippen LogP contribution is 2.60. The lowest BCUT2D eigenvalue weighted by Crippen LogP contribution is -2.57. The number of alkyl halides is 1. The second-order valence-electron chi connectivity index (χ2n) is 12.3. The van der Waals surface area contributed by atoms with Crippen LogP contribution in [0.3, 0.4) is 0 Å². The third-order valence-electron chi connectivity index (χ3n) is 9.33. The molecule has 3 heterocycles. The Hall–Kier alpha value is -3.51. The molecule has 3 aliphatic heterocycles. The number of aliphatic hydroxyl groups excluding tert-OH is 1. The number of hydrogen-bond acceptors (Lipinski definition) is 7. The molecule has 10 nitrogen and oxygen atoms in total. The monoisotopic (exact) mass is 741 g/mol. The number of halogens is 2. The Morgan fingerprint density at radius 2 is 1.88 bits per heavy atom. The SMILES string of the molecule is C=CCCC(=O)OC[C@H](NC(=O)[C@@H]1[C@H]2O[C@@]3(CC2Br)[C@H](C(=O)N(CC=C)c2ccc(Cl)cc2)N(CCCCO)C(=O)[C@@H]13)c1ccccc1. The number of carbonyl (C=O) groups is 4. The Morgan fingerprint density at radius 3 is 2.54 bits per heavy atom. The number of esters is 1. The molecule has 2 bridgehead atoms. The van der Waals surface area contributed by atoms with Crippen LogP contribution in [0.1, 0.15) is 43.7 Å². The van der Waals surface area contributed by atoms with Crippen molar-refractivity contribution >= 4 is 56.9 Å². The normalized spacial score (nSPS) is 26.1. The van der Waals surface area contributed by atoms with E-state index in [-0.39, 0.29) is 49.4 Å². The van der Waals surface area contributed by atoms with Crippen molar-refractivity contribution in [1.29, 1.82) is 0 Å². The highest BCUT2D eigenvalue weighted by atomic mass is 79.9. The molecule has 2 aromatic rings. The first-order valence-corrected chi connectivity index (χ1v) is 17.5. The zero-order valence-corrected chi connectivity index (χ0v) is 29.0. The van der Waals surface area contributed by atoms with Gasteiger partial charge in [-0.15, -0.1) is 13.2 Å². The minimum Gasteiger partial charge on any atom is -0.463 e. The van der Waals surface area contributed by atoms with E-state index < -0.39 is 47.5 Å². The van der Waals surface area contributed by atoms with Crippen LogP contribution >= 0.6 is 27.5 Å². The number of allylic oxidation sites excluding steroid dienone is 1. The Labute approximate surface area is 294 Å². The van der Waals surface area contributed by atoms with Gasteiger partial charge in [0.25, 0.3) is 5.91 Å². The minimum atomic E-state index is -1.28. The number of likely N-dealkylation sites (tertiary alicyclic amines) is 1. The van der Waals surface area contributed by atoms with Gasteiger partial charge >= 0.3 is 5.97 Å². The minimum absolute atomic E-state index is 0.0608. The van der Waals surface area contributed by atoms with Crippen molar-refractivity contribution in [2.75, 3.05) is 31.2 Å². The van der Waals surface area contributed by atoms with Crippen molar-refractivity contribution in [2.45, 2.75) is 60.7 Å². The van der Waals surface area contributed by atoms with Crippen molar-refractivity contribution in [3.05, 3.63) is 90.5 Å². The maximum atomic E-state index is 14.7. The lowest BCUT2D eigenvalue weighted by atomic mass is 9.70. The Balaban J connectivity index is 1.47. The summed E-state index contributed by atoms with van der Waals surface area (Å²) in [6.45, 7) is 7.70. The zero-order chi connectivity index (χ0) is 34.4. The molecular weight excluding hydrogens is 702 g/mol. The number of carbonyl (C=O) groups excluding carboxylic acids is 4. The van der Waals surface area contributed by atoms with Gasteiger partial charge in [0.2, 0.25) is 11.8 Å². The molecule has 1 unspecified atom stereocenters. The molecule has 3 aliphatic rings. The molecule has 5 rings (SSSR count). The molecule has 1 spiro atoms. The molecule has 256 valence electrons. The van der Waals surface area contributed by atoms with Crippen molar-refractivity contribution in [3.63, 3.8) is 0 Å². The molecule has 48 heavy (non-hydrogen) atoms. The van der Waals surface area contributed by atoms with Gasteiger partial charge in [-0.2, -0.15) is 0 Å². The molecule has 3 saturated heterocycles. The number of anilines is 1. The topological polar surface area (TPSA) is 125 Å². The zero-order valence-electron chi connectivity index (χ0n) is 26.6. The van der Waals surface area contributed by atoms with E-state index >= 15 is 0 Å². The Bertz CT molecular complexity index is 1510. The van der Waals surface area contributed by atoms with E-state index in [0.717, 1.165) is 5.56 Å². The number of benzene rings is 2. The molecule has 0 radical (unpaired) electrons. The van der Waals surface area contributed by atoms with Crippen LogP contribution in [-0.2, 0) is 28.7 Å². The second-order valence-corrected chi connectivity index (χ2v) is 13.9. The number of nitrogens with zero attached hydrogens (tertiary/aromatic N) is 2. The lowest BCUT2D eigenvalue weighted by Gasteiger charge is -2.37. The fourth-order valence-corrected chi connectivity index (χ4v) is 8.27. The maximum absolute atomic E-state index is 14.7. The summed E-state index contributed by atoms with van der Waals surface area (Å²) in [5, 5.41) is 13.1. The molecule has 7 atom stereocenters. The highest BCUT2D eigenvalue weighted by molar-refractivity contribution is 9.09. The predicted octanol–water partition coefficient (Wildman–Crippen LogP) is 4.75. The van der Waals surface area contributed by atoms with Gasteiger partial charge in [-0.25, -0.2) is 0 Å². The first kappa shape index (κ1) is 35.8. The number of nitrogens with one attached hydrogen (secondary N) is 1. The number of amides is 3. The average Bonchev–Trinajstić information content (AvgIpc) is 3.68. The fraction of sp³-hybridized carbons (Fsp3) is 0.444. The summed E-state index contributed by atoms with van der Waals surface area (Å²) >= 11 is 9.86. The summed E-state index contributed by atoms with van der Waals surface area (Å²) in [6.07, 6.45) is 4.45. The summed E-state index contributed by atoms with van der Waals surface area (Å²) in [6, 6.07) is 14.3. The molecular formula is C36H41BrClN3O7. The molecule has 0 aromatic heterocycles.